The van der Waals surface area contributed by atoms with Crippen LogP contribution in [0.3, 0.4) is 0 Å². The SMILES string of the molecule is CCCN(CCC)C(=O)C1=Cc2ccc(-c3ccc(C=O)c(/C=C\N(C)CCP(C)(=O)OCC)c3)cc2N=C(N)C1. The lowest BCUT2D eigenvalue weighted by molar-refractivity contribution is -0.127. The van der Waals surface area contributed by atoms with E-state index in [9.17, 15) is 14.2 Å². The van der Waals surface area contributed by atoms with Crippen molar-refractivity contribution in [2.75, 3.05) is 46.1 Å². The van der Waals surface area contributed by atoms with E-state index in [0.29, 0.717) is 61.5 Å². The molecule has 0 fully saturated rings. The highest BCUT2D eigenvalue weighted by molar-refractivity contribution is 7.58. The van der Waals surface area contributed by atoms with E-state index in [1.165, 1.54) is 0 Å². The van der Waals surface area contributed by atoms with Crippen molar-refractivity contribution in [2.45, 2.75) is 40.0 Å². The molecule has 0 bridgehead atoms. The molecule has 3 rings (SSSR count). The zero-order chi connectivity index (χ0) is 30.0. The first-order valence-electron chi connectivity index (χ1n) is 14.3. The number of hydrogen-bond acceptors (Lipinski definition) is 7. The topological polar surface area (TPSA) is 105 Å². The molecule has 0 radical (unpaired) electrons. The summed E-state index contributed by atoms with van der Waals surface area (Å²) in [5.74, 6) is 0.409. The van der Waals surface area contributed by atoms with E-state index in [-0.39, 0.29) is 5.91 Å². The van der Waals surface area contributed by atoms with Gasteiger partial charge >= 0.3 is 0 Å². The lowest BCUT2D eigenvalue weighted by atomic mass is 9.97. The standard InChI is InChI=1S/C32H43N4O4P/c1-6-14-36(15-7-2)32(38)29-20-27-11-9-25(21-30(27)34-31(33)22-29)24-10-12-28(23-37)26(19-24)13-16-35(4)17-18-41(5,39)40-8-3/h9-13,16,19-21,23H,6-8,14-15,17-18,22H2,1-5H3,(H2,33,34)/b16-13-. The predicted molar refractivity (Wildman–Crippen MR) is 170 cm³/mol. The summed E-state index contributed by atoms with van der Waals surface area (Å²) in [5, 5.41) is 0. The van der Waals surface area contributed by atoms with Crippen LogP contribution in [0.4, 0.5) is 5.69 Å². The molecule has 0 saturated carbocycles. The third kappa shape index (κ3) is 9.00. The maximum absolute atomic E-state index is 13.3. The van der Waals surface area contributed by atoms with Crippen LogP contribution in [0.25, 0.3) is 23.3 Å². The monoisotopic (exact) mass is 578 g/mol. The van der Waals surface area contributed by atoms with Gasteiger partial charge in [-0.1, -0.05) is 38.1 Å². The molecule has 1 aliphatic heterocycles. The molecule has 9 heteroatoms. The molecular weight excluding hydrogens is 535 g/mol. The van der Waals surface area contributed by atoms with Crippen molar-refractivity contribution in [1.82, 2.24) is 9.80 Å². The average molecular weight is 579 g/mol. The molecule has 2 aromatic rings. The van der Waals surface area contributed by atoms with Crippen molar-refractivity contribution in [1.29, 1.82) is 0 Å². The fraction of sp³-hybridized carbons (Fsp3) is 0.406. The minimum absolute atomic E-state index is 0.00858. The minimum atomic E-state index is -2.62. The molecule has 1 heterocycles. The lowest BCUT2D eigenvalue weighted by Crippen LogP contribution is -2.34. The number of aldehydes is 1. The number of amides is 1. The third-order valence-corrected chi connectivity index (χ3v) is 8.68. The second kappa shape index (κ2) is 14.9. The third-order valence-electron chi connectivity index (χ3n) is 6.86. The number of carbonyl (C=O) groups is 2. The number of amidine groups is 1. The van der Waals surface area contributed by atoms with E-state index in [1.807, 2.05) is 72.5 Å². The summed E-state index contributed by atoms with van der Waals surface area (Å²) in [5.41, 5.74) is 11.7. The summed E-state index contributed by atoms with van der Waals surface area (Å²) < 4.78 is 17.8. The van der Waals surface area contributed by atoms with Crippen LogP contribution >= 0.6 is 7.37 Å². The van der Waals surface area contributed by atoms with Gasteiger partial charge in [0, 0.05) is 62.6 Å². The Morgan fingerprint density at radius 1 is 1.05 bits per heavy atom. The van der Waals surface area contributed by atoms with Gasteiger partial charge in [0.15, 0.2) is 6.29 Å². The molecule has 0 aliphatic carbocycles. The Balaban J connectivity index is 1.88. The minimum Gasteiger partial charge on any atom is -0.387 e. The quantitative estimate of drug-likeness (QED) is 0.204. The van der Waals surface area contributed by atoms with Crippen molar-refractivity contribution < 1.29 is 18.7 Å². The summed E-state index contributed by atoms with van der Waals surface area (Å²) in [6.07, 6.45) is 9.05. The highest BCUT2D eigenvalue weighted by atomic mass is 31.2. The molecule has 1 aliphatic rings. The van der Waals surface area contributed by atoms with E-state index in [2.05, 4.69) is 18.8 Å². The maximum atomic E-state index is 13.3. The average Bonchev–Trinajstić information content (AvgIpc) is 3.11. The van der Waals surface area contributed by atoms with Crippen molar-refractivity contribution in [3.63, 3.8) is 0 Å². The lowest BCUT2D eigenvalue weighted by Gasteiger charge is -2.22. The second-order valence-electron chi connectivity index (χ2n) is 10.4. The highest BCUT2D eigenvalue weighted by Gasteiger charge is 2.21. The predicted octanol–water partition coefficient (Wildman–Crippen LogP) is 6.44. The molecule has 0 spiro atoms. The molecule has 2 N–H and O–H groups in total. The Bertz CT molecular complexity index is 1380. The Hall–Kier alpha value is -3.48. The summed E-state index contributed by atoms with van der Waals surface area (Å²) in [6, 6.07) is 11.6. The number of fused-ring (bicyclic) bond motifs is 1. The molecule has 1 atom stereocenters. The largest absolute Gasteiger partial charge is 0.387 e. The molecule has 41 heavy (non-hydrogen) atoms. The number of aliphatic imine (C=N–C) groups is 1. The Kier molecular flexibility index (Phi) is 11.7. The number of rotatable bonds is 14. The van der Waals surface area contributed by atoms with Gasteiger partial charge in [0.2, 0.25) is 13.3 Å². The molecule has 0 aromatic heterocycles. The number of hydrogen-bond donors (Lipinski definition) is 1. The maximum Gasteiger partial charge on any atom is 0.250 e. The number of carbonyl (C=O) groups excluding carboxylic acids is 2. The zero-order valence-corrected chi connectivity index (χ0v) is 25.8. The second-order valence-corrected chi connectivity index (χ2v) is 13.2. The van der Waals surface area contributed by atoms with Crippen LogP contribution in [-0.4, -0.2) is 73.9 Å². The van der Waals surface area contributed by atoms with Gasteiger partial charge in [0.25, 0.3) is 0 Å². The summed E-state index contributed by atoms with van der Waals surface area (Å²) in [7, 11) is -0.720. The van der Waals surface area contributed by atoms with Crippen LogP contribution < -0.4 is 5.73 Å². The highest BCUT2D eigenvalue weighted by Crippen LogP contribution is 2.41. The van der Waals surface area contributed by atoms with Crippen LogP contribution in [0, 0.1) is 0 Å². The smallest absolute Gasteiger partial charge is 0.250 e. The molecule has 1 amide bonds. The Labute approximate surface area is 244 Å². The summed E-state index contributed by atoms with van der Waals surface area (Å²) in [6.45, 7) is 10.0. The zero-order valence-electron chi connectivity index (χ0n) is 24.9. The molecule has 2 aromatic carbocycles. The van der Waals surface area contributed by atoms with Gasteiger partial charge in [0.05, 0.1) is 12.3 Å². The number of benzene rings is 2. The summed E-state index contributed by atoms with van der Waals surface area (Å²) in [4.78, 5) is 33.5. The van der Waals surface area contributed by atoms with E-state index in [1.54, 1.807) is 12.7 Å². The van der Waals surface area contributed by atoms with Crippen LogP contribution in [0.2, 0.25) is 0 Å². The molecule has 220 valence electrons. The number of nitrogens with two attached hydrogens (primary N) is 1. The number of nitrogens with zero attached hydrogens (tertiary/aromatic N) is 3. The van der Waals surface area contributed by atoms with E-state index in [0.717, 1.165) is 41.4 Å². The van der Waals surface area contributed by atoms with Gasteiger partial charge < -0.3 is 20.1 Å². The molecular formula is C32H43N4O4P. The first-order chi connectivity index (χ1) is 19.6. The molecule has 1 unspecified atom stereocenters. The van der Waals surface area contributed by atoms with Crippen LogP contribution in [0.5, 0.6) is 0 Å². The molecule has 8 nitrogen and oxygen atoms in total. The van der Waals surface area contributed by atoms with Crippen LogP contribution in [-0.2, 0) is 13.9 Å². The fourth-order valence-corrected chi connectivity index (χ4v) is 6.08. The Morgan fingerprint density at radius 2 is 1.73 bits per heavy atom. The van der Waals surface area contributed by atoms with E-state index in [4.69, 9.17) is 10.3 Å². The van der Waals surface area contributed by atoms with Gasteiger partial charge in [-0.2, -0.15) is 0 Å². The van der Waals surface area contributed by atoms with Gasteiger partial charge in [0.1, 0.15) is 5.84 Å². The van der Waals surface area contributed by atoms with Gasteiger partial charge in [-0.25, -0.2) is 4.99 Å². The van der Waals surface area contributed by atoms with Gasteiger partial charge in [-0.3, -0.25) is 14.2 Å². The fourth-order valence-electron chi connectivity index (χ4n) is 4.73. The van der Waals surface area contributed by atoms with Crippen LogP contribution in [0.15, 0.2) is 53.2 Å². The first-order valence-corrected chi connectivity index (χ1v) is 16.5. The van der Waals surface area contributed by atoms with Crippen molar-refractivity contribution >= 4 is 43.2 Å². The van der Waals surface area contributed by atoms with Crippen molar-refractivity contribution in [3.8, 4) is 11.1 Å². The Morgan fingerprint density at radius 3 is 2.39 bits per heavy atom. The van der Waals surface area contributed by atoms with E-state index < -0.39 is 7.37 Å². The van der Waals surface area contributed by atoms with Gasteiger partial charge in [-0.05, 0) is 66.9 Å². The van der Waals surface area contributed by atoms with Gasteiger partial charge in [-0.15, -0.1) is 0 Å². The summed E-state index contributed by atoms with van der Waals surface area (Å²) >= 11 is 0. The van der Waals surface area contributed by atoms with E-state index >= 15 is 0 Å². The van der Waals surface area contributed by atoms with Crippen molar-refractivity contribution in [3.05, 3.63) is 64.9 Å². The molecule has 0 saturated heterocycles. The normalized spacial score (nSPS) is 14.5. The first kappa shape index (κ1) is 32.0. The van der Waals surface area contributed by atoms with Crippen LogP contribution in [0.1, 0.15) is 61.5 Å². The van der Waals surface area contributed by atoms with Crippen molar-refractivity contribution in [2.24, 2.45) is 10.7 Å².